The Bertz CT molecular complexity index is 511. The van der Waals surface area contributed by atoms with E-state index in [9.17, 15) is 4.79 Å². The zero-order valence-electron chi connectivity index (χ0n) is 14.0. The topological polar surface area (TPSA) is 67.6 Å². The van der Waals surface area contributed by atoms with Crippen LogP contribution in [0.25, 0.3) is 0 Å². The fourth-order valence-electron chi connectivity index (χ4n) is 2.81. The number of hydrogen-bond acceptors (Lipinski definition) is 4. The van der Waals surface area contributed by atoms with Crippen molar-refractivity contribution in [2.75, 3.05) is 19.7 Å². The lowest BCUT2D eigenvalue weighted by Gasteiger charge is -2.33. The van der Waals surface area contributed by atoms with E-state index in [1.807, 2.05) is 38.6 Å². The molecule has 0 saturated carbocycles. The number of likely N-dealkylation sites (tertiary alicyclic amines) is 1. The number of hydrogen-bond donors (Lipinski definition) is 1. The highest BCUT2D eigenvalue weighted by molar-refractivity contribution is 5.68. The Morgan fingerprint density at radius 1 is 1.41 bits per heavy atom. The summed E-state index contributed by atoms with van der Waals surface area (Å²) in [4.78, 5) is 13.8. The van der Waals surface area contributed by atoms with Crippen molar-refractivity contribution in [3.8, 4) is 0 Å². The summed E-state index contributed by atoms with van der Waals surface area (Å²) in [5.74, 6) is 0. The molecule has 1 aromatic heterocycles. The predicted octanol–water partition coefficient (Wildman–Crippen LogP) is 2.30. The Hall–Kier alpha value is -1.56. The number of nitrogens with zero attached hydrogens (tertiary/aromatic N) is 3. The zero-order valence-corrected chi connectivity index (χ0v) is 14.0. The second kappa shape index (κ2) is 6.69. The van der Waals surface area contributed by atoms with Gasteiger partial charge in [-0.1, -0.05) is 0 Å². The van der Waals surface area contributed by atoms with Crippen LogP contribution < -0.4 is 0 Å². The molecule has 0 atom stereocenters. The van der Waals surface area contributed by atoms with Crippen LogP contribution in [-0.2, 0) is 11.2 Å². The van der Waals surface area contributed by atoms with E-state index in [0.717, 1.165) is 24.1 Å². The van der Waals surface area contributed by atoms with Crippen LogP contribution in [0.15, 0.2) is 6.20 Å². The number of amides is 1. The van der Waals surface area contributed by atoms with Gasteiger partial charge in [-0.15, -0.1) is 0 Å². The highest BCUT2D eigenvalue weighted by atomic mass is 16.6. The van der Waals surface area contributed by atoms with Gasteiger partial charge in [-0.25, -0.2) is 4.79 Å². The molecule has 1 N–H and O–H groups in total. The Morgan fingerprint density at radius 2 is 2.05 bits per heavy atom. The van der Waals surface area contributed by atoms with Gasteiger partial charge in [0.2, 0.25) is 0 Å². The average molecular weight is 309 g/mol. The van der Waals surface area contributed by atoms with Gasteiger partial charge in [-0.3, -0.25) is 4.68 Å². The van der Waals surface area contributed by atoms with Gasteiger partial charge in [0, 0.05) is 25.4 Å². The summed E-state index contributed by atoms with van der Waals surface area (Å²) < 4.78 is 7.45. The van der Waals surface area contributed by atoms with Crippen molar-refractivity contribution >= 4 is 6.09 Å². The number of ether oxygens (including phenoxy) is 1. The smallest absolute Gasteiger partial charge is 0.410 e. The van der Waals surface area contributed by atoms with Crippen LogP contribution >= 0.6 is 0 Å². The number of aliphatic hydroxyl groups excluding tert-OH is 1. The van der Waals surface area contributed by atoms with Crippen molar-refractivity contribution in [1.29, 1.82) is 0 Å². The first kappa shape index (κ1) is 16.8. The van der Waals surface area contributed by atoms with E-state index in [-0.39, 0.29) is 12.7 Å². The Kier molecular flexibility index (Phi) is 5.11. The maximum absolute atomic E-state index is 12.1. The molecule has 1 amide bonds. The van der Waals surface area contributed by atoms with E-state index < -0.39 is 5.60 Å². The Labute approximate surface area is 132 Å². The lowest BCUT2D eigenvalue weighted by atomic mass is 10.0. The number of aliphatic hydroxyl groups is 1. The molecule has 22 heavy (non-hydrogen) atoms. The molecule has 1 aromatic rings. The molecule has 2 heterocycles. The quantitative estimate of drug-likeness (QED) is 0.930. The number of piperidine rings is 1. The summed E-state index contributed by atoms with van der Waals surface area (Å²) in [6, 6.07) is 0.311. The van der Waals surface area contributed by atoms with E-state index in [1.165, 1.54) is 0 Å². The second-order valence-corrected chi connectivity index (χ2v) is 6.87. The zero-order chi connectivity index (χ0) is 16.3. The van der Waals surface area contributed by atoms with Gasteiger partial charge >= 0.3 is 6.09 Å². The van der Waals surface area contributed by atoms with Crippen molar-refractivity contribution in [3.05, 3.63) is 17.5 Å². The fraction of sp³-hybridized carbons (Fsp3) is 0.750. The lowest BCUT2D eigenvalue weighted by molar-refractivity contribution is 0.0184. The molecule has 2 rings (SSSR count). The molecular weight excluding hydrogens is 282 g/mol. The van der Waals surface area contributed by atoms with E-state index >= 15 is 0 Å². The summed E-state index contributed by atoms with van der Waals surface area (Å²) >= 11 is 0. The van der Waals surface area contributed by atoms with Gasteiger partial charge in [-0.2, -0.15) is 5.10 Å². The van der Waals surface area contributed by atoms with Gasteiger partial charge < -0.3 is 14.7 Å². The molecule has 0 bridgehead atoms. The Morgan fingerprint density at radius 3 is 2.59 bits per heavy atom. The normalized spacial score (nSPS) is 16.9. The molecule has 6 nitrogen and oxygen atoms in total. The maximum atomic E-state index is 12.1. The molecule has 124 valence electrons. The second-order valence-electron chi connectivity index (χ2n) is 6.87. The third-order valence-corrected chi connectivity index (χ3v) is 3.99. The minimum absolute atomic E-state index is 0.142. The van der Waals surface area contributed by atoms with Crippen LogP contribution in [-0.4, -0.2) is 51.2 Å². The first-order valence-corrected chi connectivity index (χ1v) is 7.93. The third kappa shape index (κ3) is 4.00. The van der Waals surface area contributed by atoms with E-state index in [2.05, 4.69) is 5.10 Å². The highest BCUT2D eigenvalue weighted by Crippen LogP contribution is 2.25. The first-order valence-electron chi connectivity index (χ1n) is 7.93. The van der Waals surface area contributed by atoms with Gasteiger partial charge in [0.25, 0.3) is 0 Å². The molecule has 0 spiro atoms. The Balaban J connectivity index is 1.93. The number of rotatable bonds is 3. The van der Waals surface area contributed by atoms with Gasteiger partial charge in [0.05, 0.1) is 12.2 Å². The molecule has 1 fully saturated rings. The van der Waals surface area contributed by atoms with E-state index in [4.69, 9.17) is 9.84 Å². The van der Waals surface area contributed by atoms with Crippen molar-refractivity contribution in [2.24, 2.45) is 0 Å². The van der Waals surface area contributed by atoms with Gasteiger partial charge in [0.15, 0.2) is 0 Å². The standard InChI is InChI=1S/C16H27N3O3/c1-12-13(7-10-20)11-17-19(12)14-5-8-18(9-6-14)15(21)22-16(2,3)4/h11,14,20H,5-10H2,1-4H3. The number of carbonyl (C=O) groups is 1. The lowest BCUT2D eigenvalue weighted by Crippen LogP contribution is -2.42. The monoisotopic (exact) mass is 309 g/mol. The molecular formula is C16H27N3O3. The molecule has 1 aliphatic heterocycles. The van der Waals surface area contributed by atoms with Gasteiger partial charge in [0.1, 0.15) is 5.60 Å². The van der Waals surface area contributed by atoms with Crippen molar-refractivity contribution in [3.63, 3.8) is 0 Å². The van der Waals surface area contributed by atoms with E-state index in [0.29, 0.717) is 25.6 Å². The highest BCUT2D eigenvalue weighted by Gasteiger charge is 2.28. The summed E-state index contributed by atoms with van der Waals surface area (Å²) in [6.45, 7) is 9.21. The summed E-state index contributed by atoms with van der Waals surface area (Å²) in [5.41, 5.74) is 1.76. The molecule has 1 aliphatic rings. The molecule has 6 heteroatoms. The van der Waals surface area contributed by atoms with Gasteiger partial charge in [-0.05, 0) is 52.5 Å². The predicted molar refractivity (Wildman–Crippen MR) is 83.8 cm³/mol. The third-order valence-electron chi connectivity index (χ3n) is 3.99. The van der Waals surface area contributed by atoms with Crippen molar-refractivity contribution < 1.29 is 14.6 Å². The SMILES string of the molecule is Cc1c(CCO)cnn1C1CCN(C(=O)OC(C)(C)C)CC1. The van der Waals surface area contributed by atoms with Crippen molar-refractivity contribution in [2.45, 2.75) is 58.6 Å². The first-order chi connectivity index (χ1) is 10.3. The molecule has 0 aromatic carbocycles. The minimum atomic E-state index is -0.453. The number of aromatic nitrogens is 2. The molecule has 0 radical (unpaired) electrons. The minimum Gasteiger partial charge on any atom is -0.444 e. The fourth-order valence-corrected chi connectivity index (χ4v) is 2.81. The molecule has 1 saturated heterocycles. The van der Waals surface area contributed by atoms with Crippen LogP contribution in [0.4, 0.5) is 4.79 Å². The van der Waals surface area contributed by atoms with E-state index in [1.54, 1.807) is 4.90 Å². The van der Waals surface area contributed by atoms with Crippen LogP contribution in [0.3, 0.4) is 0 Å². The summed E-state index contributed by atoms with van der Waals surface area (Å²) in [6.07, 6.45) is 4.00. The van der Waals surface area contributed by atoms with Crippen LogP contribution in [0, 0.1) is 6.92 Å². The van der Waals surface area contributed by atoms with Crippen LogP contribution in [0.1, 0.15) is 50.9 Å². The maximum Gasteiger partial charge on any atom is 0.410 e. The van der Waals surface area contributed by atoms with Crippen molar-refractivity contribution in [1.82, 2.24) is 14.7 Å². The number of carbonyl (C=O) groups excluding carboxylic acids is 1. The molecule has 0 aliphatic carbocycles. The van der Waals surface area contributed by atoms with Crippen LogP contribution in [0.5, 0.6) is 0 Å². The van der Waals surface area contributed by atoms with Crippen LogP contribution in [0.2, 0.25) is 0 Å². The average Bonchev–Trinajstić information content (AvgIpc) is 2.79. The summed E-state index contributed by atoms with van der Waals surface area (Å²) in [7, 11) is 0. The largest absolute Gasteiger partial charge is 0.444 e. The molecule has 0 unspecified atom stereocenters. The summed E-state index contributed by atoms with van der Waals surface area (Å²) in [5, 5.41) is 13.5.